The smallest absolute Gasteiger partial charge is 0.126 e. The number of hydrogen-bond donors (Lipinski definition) is 0. The van der Waals surface area contributed by atoms with Crippen molar-refractivity contribution in [2.45, 2.75) is 41.0 Å². The average molecular weight is 434 g/mol. The van der Waals surface area contributed by atoms with Crippen LogP contribution >= 0.6 is 0 Å². The summed E-state index contributed by atoms with van der Waals surface area (Å²) in [7, 11) is 0. The van der Waals surface area contributed by atoms with E-state index < -0.39 is 0 Å². The normalized spacial score (nSPS) is 12.0. The summed E-state index contributed by atoms with van der Waals surface area (Å²) in [5.74, 6) is 0.789. The molecule has 0 saturated heterocycles. The zero-order valence-electron chi connectivity index (χ0n) is 20.1. The van der Waals surface area contributed by atoms with E-state index in [1.165, 1.54) is 27.5 Å². The molecule has 0 saturated carbocycles. The summed E-state index contributed by atoms with van der Waals surface area (Å²) in [5, 5.41) is 3.56. The predicted molar refractivity (Wildman–Crippen MR) is 143 cm³/mol. The zero-order chi connectivity index (χ0) is 23.4. The summed E-state index contributed by atoms with van der Waals surface area (Å²) in [5.41, 5.74) is 6.68. The Morgan fingerprint density at radius 3 is 2.30 bits per heavy atom. The van der Waals surface area contributed by atoms with Crippen molar-refractivity contribution in [1.29, 1.82) is 0 Å². The molecule has 0 bridgehead atoms. The number of fused-ring (bicyclic) bond motifs is 4. The van der Waals surface area contributed by atoms with Crippen LogP contribution in [0.1, 0.15) is 39.9 Å². The highest BCUT2D eigenvalue weighted by Crippen LogP contribution is 2.36. The van der Waals surface area contributed by atoms with Crippen molar-refractivity contribution in [2.75, 3.05) is 0 Å². The van der Waals surface area contributed by atoms with Crippen LogP contribution in [0.3, 0.4) is 0 Å². The van der Waals surface area contributed by atoms with Crippen LogP contribution in [-0.2, 0) is 0 Å². The Labute approximate surface area is 196 Å². The van der Waals surface area contributed by atoms with Crippen molar-refractivity contribution in [1.82, 2.24) is 14.5 Å². The topological polar surface area (TPSA) is 30.7 Å². The molecule has 2 heterocycles. The molecule has 3 aromatic carbocycles. The fourth-order valence-corrected chi connectivity index (χ4v) is 4.35. The second-order valence-electron chi connectivity index (χ2n) is 7.75. The monoisotopic (exact) mass is 433 g/mol. The lowest BCUT2D eigenvalue weighted by molar-refractivity contribution is 1.10. The molecule has 0 spiro atoms. The first kappa shape index (κ1) is 22.5. The van der Waals surface area contributed by atoms with Crippen molar-refractivity contribution in [3.8, 4) is 11.3 Å². The third-order valence-electron chi connectivity index (χ3n) is 5.74. The van der Waals surface area contributed by atoms with Gasteiger partial charge in [0.2, 0.25) is 0 Å². The van der Waals surface area contributed by atoms with Crippen LogP contribution in [0.4, 0.5) is 0 Å². The van der Waals surface area contributed by atoms with Crippen LogP contribution in [-0.4, -0.2) is 14.5 Å². The Balaban J connectivity index is 0.00000126. The zero-order valence-corrected chi connectivity index (χ0v) is 20.1. The lowest BCUT2D eigenvalue weighted by Gasteiger charge is -2.10. The van der Waals surface area contributed by atoms with Gasteiger partial charge in [0.25, 0.3) is 0 Å². The Kier molecular flexibility index (Phi) is 6.69. The van der Waals surface area contributed by atoms with Crippen molar-refractivity contribution >= 4 is 38.4 Å². The van der Waals surface area contributed by atoms with Gasteiger partial charge >= 0.3 is 0 Å². The van der Waals surface area contributed by atoms with Crippen LogP contribution in [0, 0.1) is 6.92 Å². The van der Waals surface area contributed by atoms with Crippen LogP contribution in [0.25, 0.3) is 49.7 Å². The lowest BCUT2D eigenvalue weighted by atomic mass is 10.0. The Bertz CT molecular complexity index is 1490. The molecule has 0 unspecified atom stereocenters. The molecule has 0 N–H and O–H groups in total. The van der Waals surface area contributed by atoms with E-state index >= 15 is 0 Å². The van der Waals surface area contributed by atoms with E-state index in [9.17, 15) is 0 Å². The maximum absolute atomic E-state index is 4.82. The number of aryl methyl sites for hydroxylation is 1. The van der Waals surface area contributed by atoms with Gasteiger partial charge in [-0.3, -0.25) is 0 Å². The van der Waals surface area contributed by atoms with E-state index in [1.54, 1.807) is 0 Å². The van der Waals surface area contributed by atoms with Crippen LogP contribution in [0.2, 0.25) is 0 Å². The second kappa shape index (κ2) is 9.83. The molecule has 3 nitrogen and oxygen atoms in total. The first-order valence-corrected chi connectivity index (χ1v) is 11.8. The number of benzene rings is 3. The molecule has 33 heavy (non-hydrogen) atoms. The Hall–Kier alpha value is -3.72. The van der Waals surface area contributed by atoms with Gasteiger partial charge in [-0.2, -0.15) is 0 Å². The van der Waals surface area contributed by atoms with Crippen molar-refractivity contribution < 1.29 is 0 Å². The number of aromatic nitrogens is 3. The van der Waals surface area contributed by atoms with E-state index in [4.69, 9.17) is 4.98 Å². The fraction of sp³-hybridized carbons (Fsp3) is 0.200. The van der Waals surface area contributed by atoms with Crippen LogP contribution < -0.4 is 0 Å². The van der Waals surface area contributed by atoms with Gasteiger partial charge in [-0.05, 0) is 50.6 Å². The van der Waals surface area contributed by atoms with E-state index in [2.05, 4.69) is 96.2 Å². The number of rotatable bonds is 4. The molecule has 5 rings (SSSR count). The summed E-state index contributed by atoms with van der Waals surface area (Å²) >= 11 is 0. The summed E-state index contributed by atoms with van der Waals surface area (Å²) < 4.78 is 2.35. The van der Waals surface area contributed by atoms with Crippen molar-refractivity contribution in [3.63, 3.8) is 0 Å². The number of hydrogen-bond acceptors (Lipinski definition) is 2. The molecule has 2 aromatic heterocycles. The van der Waals surface area contributed by atoms with Gasteiger partial charge in [-0.15, -0.1) is 0 Å². The van der Waals surface area contributed by atoms with Crippen LogP contribution in [0.5, 0.6) is 0 Å². The van der Waals surface area contributed by atoms with Crippen molar-refractivity contribution in [3.05, 3.63) is 90.8 Å². The molecule has 5 aromatic rings. The van der Waals surface area contributed by atoms with Gasteiger partial charge in [0.15, 0.2) is 0 Å². The fourth-order valence-electron chi connectivity index (χ4n) is 4.35. The quantitative estimate of drug-likeness (QED) is 0.266. The van der Waals surface area contributed by atoms with E-state index in [0.717, 1.165) is 34.4 Å². The molecule has 0 fully saturated rings. The average Bonchev–Trinajstić information content (AvgIpc) is 3.19. The van der Waals surface area contributed by atoms with Gasteiger partial charge in [0.1, 0.15) is 5.82 Å². The molecule has 0 radical (unpaired) electrons. The summed E-state index contributed by atoms with van der Waals surface area (Å²) in [6.07, 6.45) is 7.60. The minimum Gasteiger partial charge on any atom is -0.310 e. The Morgan fingerprint density at radius 2 is 1.55 bits per heavy atom. The largest absolute Gasteiger partial charge is 0.310 e. The van der Waals surface area contributed by atoms with Gasteiger partial charge in [0.05, 0.1) is 22.2 Å². The number of nitrogens with zero attached hydrogens (tertiary/aromatic N) is 3. The highest BCUT2D eigenvalue weighted by Gasteiger charge is 2.15. The third-order valence-corrected chi connectivity index (χ3v) is 5.74. The van der Waals surface area contributed by atoms with Crippen molar-refractivity contribution in [2.24, 2.45) is 0 Å². The summed E-state index contributed by atoms with van der Waals surface area (Å²) in [4.78, 5) is 9.43. The molecule has 0 atom stereocenters. The standard InChI is InChI=1S/C28H25N3.C2H6/c1-4-6-11-21(5-2)31-26-15-10-8-12-22(26)24-18-20(16-17-27(24)31)28-23-13-7-9-14-25(23)29-19(3)30-28;1-2/h5-18H,4H2,1-3H3;1-2H3/b11-6-,21-5+;. The molecule has 3 heteroatoms. The summed E-state index contributed by atoms with van der Waals surface area (Å²) in [6.45, 7) is 10.2. The molecule has 0 aliphatic heterocycles. The lowest BCUT2D eigenvalue weighted by Crippen LogP contribution is -1.95. The highest BCUT2D eigenvalue weighted by molar-refractivity contribution is 6.12. The van der Waals surface area contributed by atoms with Gasteiger partial charge in [0, 0.05) is 27.4 Å². The number of allylic oxidation sites excluding steroid dienone is 4. The molecule has 166 valence electrons. The molecule has 0 aliphatic carbocycles. The molecule has 0 aliphatic rings. The third kappa shape index (κ3) is 4.07. The van der Waals surface area contributed by atoms with Gasteiger partial charge in [-0.1, -0.05) is 75.4 Å². The van der Waals surface area contributed by atoms with E-state index in [0.29, 0.717) is 0 Å². The second-order valence-corrected chi connectivity index (χ2v) is 7.75. The predicted octanol–water partition coefficient (Wildman–Crippen LogP) is 8.57. The maximum atomic E-state index is 4.82. The SMILES string of the molecule is C/C=C(\C=C/CC)n1c2ccccc2c2cc(-c3nc(C)nc4ccccc34)ccc21.CC. The van der Waals surface area contributed by atoms with Gasteiger partial charge in [-0.25, -0.2) is 9.97 Å². The number of para-hydroxylation sites is 2. The first-order valence-electron chi connectivity index (χ1n) is 11.8. The minimum absolute atomic E-state index is 0.789. The molecular weight excluding hydrogens is 402 g/mol. The van der Waals surface area contributed by atoms with Gasteiger partial charge < -0.3 is 4.57 Å². The minimum atomic E-state index is 0.789. The van der Waals surface area contributed by atoms with Crippen LogP contribution in [0.15, 0.2) is 85.0 Å². The highest BCUT2D eigenvalue weighted by atomic mass is 15.0. The first-order chi connectivity index (χ1) is 16.2. The molecular formula is C30H31N3. The molecule has 0 amide bonds. The summed E-state index contributed by atoms with van der Waals surface area (Å²) in [6, 6.07) is 23.5. The maximum Gasteiger partial charge on any atom is 0.126 e. The van der Waals surface area contributed by atoms with E-state index in [1.807, 2.05) is 32.9 Å². The Morgan fingerprint density at radius 1 is 0.848 bits per heavy atom. The van der Waals surface area contributed by atoms with E-state index in [-0.39, 0.29) is 0 Å².